The number of ether oxygens (including phenoxy) is 2. The highest BCUT2D eigenvalue weighted by atomic mass is 32.2. The minimum atomic E-state index is -0.966. The summed E-state index contributed by atoms with van der Waals surface area (Å²) in [4.78, 5) is 34.4. The molecule has 7 rings (SSSR count). The third-order valence-corrected chi connectivity index (χ3v) is 10.4. The lowest BCUT2D eigenvalue weighted by Crippen LogP contribution is -2.38. The maximum atomic E-state index is 13.0. The molecule has 262 valence electrons. The molecule has 1 amide bonds. The summed E-state index contributed by atoms with van der Waals surface area (Å²) in [5, 5.41) is 22.3. The van der Waals surface area contributed by atoms with Gasteiger partial charge in [-0.05, 0) is 52.1 Å². The fraction of sp³-hybridized carbons (Fsp3) is 0.190. The number of carbonyl (C=O) groups excluding carboxylic acids is 1. The second-order valence-electron chi connectivity index (χ2n) is 12.6. The van der Waals surface area contributed by atoms with E-state index in [0.29, 0.717) is 22.7 Å². The second-order valence-corrected chi connectivity index (χ2v) is 13.7. The van der Waals surface area contributed by atoms with Crippen molar-refractivity contribution in [3.05, 3.63) is 161 Å². The van der Waals surface area contributed by atoms with Crippen LogP contribution >= 0.6 is 11.8 Å². The first-order chi connectivity index (χ1) is 25.4. The quantitative estimate of drug-likeness (QED) is 0.114. The highest BCUT2D eigenvalue weighted by Crippen LogP contribution is 2.43. The third-order valence-electron chi connectivity index (χ3n) is 9.28. The van der Waals surface area contributed by atoms with E-state index in [0.717, 1.165) is 38.9 Å². The maximum Gasteiger partial charge on any atom is 0.336 e. The van der Waals surface area contributed by atoms with Gasteiger partial charge < -0.3 is 25.0 Å². The number of aromatic nitrogens is 2. The van der Waals surface area contributed by atoms with Gasteiger partial charge in [-0.25, -0.2) is 9.78 Å². The summed E-state index contributed by atoms with van der Waals surface area (Å²) in [6.07, 6.45) is 0.254. The molecular formula is C42H37N3O6S. The van der Waals surface area contributed by atoms with Gasteiger partial charge in [0.2, 0.25) is 0 Å². The van der Waals surface area contributed by atoms with Crippen LogP contribution < -0.4 is 5.32 Å². The van der Waals surface area contributed by atoms with Crippen molar-refractivity contribution in [3.8, 4) is 11.1 Å². The molecule has 1 aromatic heterocycles. The minimum Gasteiger partial charge on any atom is -0.478 e. The summed E-state index contributed by atoms with van der Waals surface area (Å²) in [6.45, 7) is 2.34. The molecule has 6 aromatic rings. The van der Waals surface area contributed by atoms with Gasteiger partial charge in [0.15, 0.2) is 6.29 Å². The van der Waals surface area contributed by atoms with E-state index in [4.69, 9.17) is 9.47 Å². The molecule has 9 nitrogen and oxygen atoms in total. The van der Waals surface area contributed by atoms with Crippen LogP contribution in [0.4, 0.5) is 0 Å². The molecule has 0 aliphatic carbocycles. The predicted molar refractivity (Wildman–Crippen MR) is 200 cm³/mol. The number of carboxylic acid groups (broad SMARTS) is 1. The Kier molecular flexibility index (Phi) is 10.7. The minimum absolute atomic E-state index is 0.0453. The molecule has 52 heavy (non-hydrogen) atoms. The number of hydrogen-bond donors (Lipinski definition) is 3. The zero-order valence-corrected chi connectivity index (χ0v) is 29.2. The number of carbonyl (C=O) groups is 2. The van der Waals surface area contributed by atoms with Crippen LogP contribution in [0.25, 0.3) is 22.2 Å². The van der Waals surface area contributed by atoms with E-state index in [1.807, 2.05) is 109 Å². The Morgan fingerprint density at radius 2 is 1.50 bits per heavy atom. The molecule has 10 heteroatoms. The molecule has 4 unspecified atom stereocenters. The van der Waals surface area contributed by atoms with Crippen LogP contribution in [0.15, 0.2) is 132 Å². The van der Waals surface area contributed by atoms with Crippen molar-refractivity contribution in [1.82, 2.24) is 15.3 Å². The average Bonchev–Trinajstić information content (AvgIpc) is 3.19. The molecule has 0 bridgehead atoms. The maximum absolute atomic E-state index is 13.0. The molecule has 4 atom stereocenters. The number of rotatable bonds is 11. The highest BCUT2D eigenvalue weighted by molar-refractivity contribution is 7.99. The number of thioether (sulfide) groups is 1. The largest absolute Gasteiger partial charge is 0.478 e. The van der Waals surface area contributed by atoms with Crippen LogP contribution in [-0.2, 0) is 22.6 Å². The Balaban J connectivity index is 1.10. The molecular weight excluding hydrogens is 675 g/mol. The molecule has 1 aliphatic rings. The van der Waals surface area contributed by atoms with Crippen molar-refractivity contribution < 1.29 is 29.3 Å². The van der Waals surface area contributed by atoms with Crippen molar-refractivity contribution in [1.29, 1.82) is 0 Å². The third kappa shape index (κ3) is 7.75. The Morgan fingerprint density at radius 1 is 0.808 bits per heavy atom. The van der Waals surface area contributed by atoms with Crippen LogP contribution in [0.3, 0.4) is 0 Å². The Labute approximate surface area is 305 Å². The van der Waals surface area contributed by atoms with Crippen LogP contribution in [0, 0.1) is 5.92 Å². The van der Waals surface area contributed by atoms with E-state index in [1.165, 1.54) is 18.0 Å². The van der Waals surface area contributed by atoms with Crippen molar-refractivity contribution in [2.24, 2.45) is 5.92 Å². The van der Waals surface area contributed by atoms with E-state index in [9.17, 15) is 19.8 Å². The van der Waals surface area contributed by atoms with Crippen molar-refractivity contribution in [3.63, 3.8) is 0 Å². The fourth-order valence-corrected chi connectivity index (χ4v) is 7.57. The highest BCUT2D eigenvalue weighted by Gasteiger charge is 2.38. The van der Waals surface area contributed by atoms with Gasteiger partial charge in [-0.1, -0.05) is 104 Å². The number of amides is 1. The first-order valence-electron chi connectivity index (χ1n) is 17.0. The Bertz CT molecular complexity index is 2190. The van der Waals surface area contributed by atoms with Crippen molar-refractivity contribution in [2.45, 2.75) is 43.5 Å². The number of aliphatic hydroxyl groups excluding tert-OH is 1. The van der Waals surface area contributed by atoms with Crippen LogP contribution in [-0.4, -0.2) is 43.9 Å². The molecule has 0 saturated carbocycles. The summed E-state index contributed by atoms with van der Waals surface area (Å²) in [7, 11) is 0. The lowest BCUT2D eigenvalue weighted by Gasteiger charge is -2.41. The number of carboxylic acids is 1. The first-order valence-corrected chi connectivity index (χ1v) is 18.0. The number of aliphatic hydroxyl groups is 1. The summed E-state index contributed by atoms with van der Waals surface area (Å²) in [6, 6.07) is 38.1. The van der Waals surface area contributed by atoms with Gasteiger partial charge in [-0.2, -0.15) is 0 Å². The zero-order chi connectivity index (χ0) is 36.0. The molecule has 3 N–H and O–H groups in total. The number of aromatic carboxylic acids is 1. The van der Waals surface area contributed by atoms with E-state index in [-0.39, 0.29) is 41.9 Å². The van der Waals surface area contributed by atoms with Gasteiger partial charge in [0.25, 0.3) is 5.91 Å². The molecule has 0 spiro atoms. The number of fused-ring (bicyclic) bond motifs is 1. The smallest absolute Gasteiger partial charge is 0.336 e. The van der Waals surface area contributed by atoms with Crippen LogP contribution in [0.2, 0.25) is 0 Å². The molecule has 1 saturated heterocycles. The monoisotopic (exact) mass is 711 g/mol. The molecule has 1 fully saturated rings. The van der Waals surface area contributed by atoms with E-state index in [2.05, 4.69) is 22.2 Å². The summed E-state index contributed by atoms with van der Waals surface area (Å²) >= 11 is 1.46. The normalized spacial score (nSPS) is 18.6. The Morgan fingerprint density at radius 3 is 2.27 bits per heavy atom. The van der Waals surface area contributed by atoms with Crippen LogP contribution in [0.5, 0.6) is 0 Å². The predicted octanol–water partition coefficient (Wildman–Crippen LogP) is 8.00. The van der Waals surface area contributed by atoms with Gasteiger partial charge in [-0.15, -0.1) is 11.8 Å². The average molecular weight is 712 g/mol. The van der Waals surface area contributed by atoms with E-state index >= 15 is 0 Å². The lowest BCUT2D eigenvalue weighted by atomic mass is 9.91. The van der Waals surface area contributed by atoms with Gasteiger partial charge in [0.1, 0.15) is 5.69 Å². The van der Waals surface area contributed by atoms with E-state index in [1.54, 1.807) is 12.1 Å². The molecule has 2 heterocycles. The Hall–Kier alpha value is -5.39. The SMILES string of the molecule is CC1C(CSc2ccccc2C(=O)O)OC(c2ccc(-c3ccccc3CNC(=O)c3cnc4ccccc4n3)cc2)OC1c1ccc(CO)cc1. The van der Waals surface area contributed by atoms with Crippen molar-refractivity contribution in [2.75, 3.05) is 5.75 Å². The van der Waals surface area contributed by atoms with Gasteiger partial charge in [-0.3, -0.25) is 9.78 Å². The summed E-state index contributed by atoms with van der Waals surface area (Å²) in [5.41, 5.74) is 7.44. The molecule has 5 aromatic carbocycles. The lowest BCUT2D eigenvalue weighted by molar-refractivity contribution is -0.268. The van der Waals surface area contributed by atoms with E-state index < -0.39 is 12.3 Å². The zero-order valence-electron chi connectivity index (χ0n) is 28.4. The first kappa shape index (κ1) is 35.0. The number of nitrogens with one attached hydrogen (secondary N) is 1. The summed E-state index contributed by atoms with van der Waals surface area (Å²) in [5.74, 6) is -0.794. The second kappa shape index (κ2) is 15.9. The van der Waals surface area contributed by atoms with Gasteiger partial charge in [0, 0.05) is 28.7 Å². The molecule has 1 aliphatic heterocycles. The van der Waals surface area contributed by atoms with Crippen LogP contribution in [0.1, 0.15) is 62.4 Å². The van der Waals surface area contributed by atoms with Gasteiger partial charge >= 0.3 is 5.97 Å². The standard InChI is InChI=1S/C42H37N3O6S/c1-26-37(25-52-38-13-7-4-10-33(38)41(48)49)50-42(51-39(26)29-16-14-27(24-46)15-17-29)30-20-18-28(19-21-30)32-9-3-2-8-31(32)22-44-40(47)36-23-43-34-11-5-6-12-35(34)45-36/h2-21,23,26,37,39,42,46H,22,24-25H2,1H3,(H,44,47)(H,48,49). The number of hydrogen-bond acceptors (Lipinski definition) is 8. The van der Waals surface area contributed by atoms with Crippen molar-refractivity contribution >= 4 is 34.7 Å². The molecule has 0 radical (unpaired) electrons. The topological polar surface area (TPSA) is 131 Å². The van der Waals surface area contributed by atoms with Gasteiger partial charge in [0.05, 0.1) is 41.6 Å². The summed E-state index contributed by atoms with van der Waals surface area (Å²) < 4.78 is 13.3. The number of nitrogens with zero attached hydrogens (tertiary/aromatic N) is 2. The number of para-hydroxylation sites is 2. The fourth-order valence-electron chi connectivity index (χ4n) is 6.36. The number of benzene rings is 5.